The molecule has 0 bridgehead atoms. The van der Waals surface area contributed by atoms with Gasteiger partial charge in [0, 0.05) is 5.56 Å². The summed E-state index contributed by atoms with van der Waals surface area (Å²) in [6, 6.07) is 4.00. The molecule has 2 nitrogen and oxygen atoms in total. The molecule has 2 heteroatoms. The average Bonchev–Trinajstić information content (AvgIpc) is 2.14. The number of aromatic hydroxyl groups is 1. The van der Waals surface area contributed by atoms with Gasteiger partial charge in [0.2, 0.25) is 0 Å². The van der Waals surface area contributed by atoms with E-state index in [1.807, 2.05) is 6.07 Å². The van der Waals surface area contributed by atoms with Gasteiger partial charge in [-0.25, -0.2) is 0 Å². The van der Waals surface area contributed by atoms with Crippen LogP contribution >= 0.6 is 0 Å². The predicted molar refractivity (Wildman–Crippen MR) is 72.1 cm³/mol. The lowest BCUT2D eigenvalue weighted by molar-refractivity contribution is 0.362. The highest BCUT2D eigenvalue weighted by molar-refractivity contribution is 5.52. The number of hydrogen-bond acceptors (Lipinski definition) is 2. The molecule has 1 aromatic carbocycles. The van der Waals surface area contributed by atoms with Crippen LogP contribution in [0.2, 0.25) is 0 Å². The monoisotopic (exact) mass is 236 g/mol. The molecule has 0 aromatic heterocycles. The SMILES string of the molecule is COc1cc(C(C)(C)C)cc(C(C)(C)C)c1O. The second-order valence-electron chi connectivity index (χ2n) is 6.57. The lowest BCUT2D eigenvalue weighted by atomic mass is 9.80. The van der Waals surface area contributed by atoms with Gasteiger partial charge in [-0.05, 0) is 22.5 Å². The van der Waals surface area contributed by atoms with Crippen LogP contribution in [0.25, 0.3) is 0 Å². The molecule has 0 aliphatic heterocycles. The van der Waals surface area contributed by atoms with E-state index in [0.717, 1.165) is 5.56 Å². The molecule has 0 heterocycles. The summed E-state index contributed by atoms with van der Waals surface area (Å²) in [7, 11) is 1.59. The Bertz CT molecular complexity index is 406. The van der Waals surface area contributed by atoms with Crippen LogP contribution in [0, 0.1) is 0 Å². The van der Waals surface area contributed by atoms with Gasteiger partial charge in [-0.3, -0.25) is 0 Å². The summed E-state index contributed by atoms with van der Waals surface area (Å²) in [5.74, 6) is 0.815. The maximum atomic E-state index is 10.2. The summed E-state index contributed by atoms with van der Waals surface area (Å²) >= 11 is 0. The number of phenols is 1. The van der Waals surface area contributed by atoms with Crippen molar-refractivity contribution in [3.8, 4) is 11.5 Å². The molecule has 1 N–H and O–H groups in total. The Balaban J connectivity index is 3.50. The quantitative estimate of drug-likeness (QED) is 0.798. The van der Waals surface area contributed by atoms with Gasteiger partial charge in [0.15, 0.2) is 11.5 Å². The lowest BCUT2D eigenvalue weighted by Gasteiger charge is -2.27. The minimum Gasteiger partial charge on any atom is -0.504 e. The van der Waals surface area contributed by atoms with Crippen molar-refractivity contribution in [2.75, 3.05) is 7.11 Å². The molecule has 1 aromatic rings. The van der Waals surface area contributed by atoms with Gasteiger partial charge in [-0.1, -0.05) is 47.6 Å². The Morgan fingerprint density at radius 2 is 1.47 bits per heavy atom. The van der Waals surface area contributed by atoms with E-state index in [1.54, 1.807) is 7.11 Å². The van der Waals surface area contributed by atoms with E-state index in [0.29, 0.717) is 5.75 Å². The van der Waals surface area contributed by atoms with E-state index in [9.17, 15) is 5.11 Å². The fraction of sp³-hybridized carbons (Fsp3) is 0.600. The Hall–Kier alpha value is -1.18. The van der Waals surface area contributed by atoms with Crippen LogP contribution in [0.15, 0.2) is 12.1 Å². The summed E-state index contributed by atoms with van der Waals surface area (Å²) in [6.45, 7) is 12.7. The number of ether oxygens (including phenoxy) is 1. The number of phenolic OH excluding ortho intramolecular Hbond substituents is 1. The molecule has 0 saturated carbocycles. The zero-order chi connectivity index (χ0) is 13.4. The molecule has 0 fully saturated rings. The van der Waals surface area contributed by atoms with Crippen LogP contribution in [0.5, 0.6) is 11.5 Å². The zero-order valence-electron chi connectivity index (χ0n) is 12.0. The number of rotatable bonds is 1. The lowest BCUT2D eigenvalue weighted by Crippen LogP contribution is -2.16. The van der Waals surface area contributed by atoms with Gasteiger partial charge < -0.3 is 9.84 Å². The second kappa shape index (κ2) is 4.25. The predicted octanol–water partition coefficient (Wildman–Crippen LogP) is 4.00. The first kappa shape index (κ1) is 13.9. The van der Waals surface area contributed by atoms with Crippen molar-refractivity contribution in [2.24, 2.45) is 0 Å². The van der Waals surface area contributed by atoms with Crippen LogP contribution in [0.3, 0.4) is 0 Å². The molecule has 96 valence electrons. The molecule has 0 saturated heterocycles. The molecular weight excluding hydrogens is 212 g/mol. The summed E-state index contributed by atoms with van der Waals surface area (Å²) in [4.78, 5) is 0. The van der Waals surface area contributed by atoms with Crippen LogP contribution < -0.4 is 4.74 Å². The number of hydrogen-bond donors (Lipinski definition) is 1. The number of methoxy groups -OCH3 is 1. The molecule has 0 aliphatic carbocycles. The Morgan fingerprint density at radius 1 is 0.941 bits per heavy atom. The van der Waals surface area contributed by atoms with Crippen LogP contribution in [-0.4, -0.2) is 12.2 Å². The highest BCUT2D eigenvalue weighted by Crippen LogP contribution is 2.41. The van der Waals surface area contributed by atoms with Crippen molar-refractivity contribution in [1.82, 2.24) is 0 Å². The van der Waals surface area contributed by atoms with E-state index >= 15 is 0 Å². The first-order chi connectivity index (χ1) is 7.57. The first-order valence-corrected chi connectivity index (χ1v) is 5.99. The van der Waals surface area contributed by atoms with Crippen molar-refractivity contribution in [2.45, 2.75) is 52.4 Å². The highest BCUT2D eigenvalue weighted by atomic mass is 16.5. The number of benzene rings is 1. The molecule has 17 heavy (non-hydrogen) atoms. The smallest absolute Gasteiger partial charge is 0.161 e. The molecule has 0 aliphatic rings. The molecule has 0 amide bonds. The van der Waals surface area contributed by atoms with Crippen LogP contribution in [0.4, 0.5) is 0 Å². The molecule has 0 atom stereocenters. The largest absolute Gasteiger partial charge is 0.504 e. The van der Waals surface area contributed by atoms with Crippen molar-refractivity contribution >= 4 is 0 Å². The maximum Gasteiger partial charge on any atom is 0.161 e. The highest BCUT2D eigenvalue weighted by Gasteiger charge is 2.25. The summed E-state index contributed by atoms with van der Waals surface area (Å²) < 4.78 is 5.27. The standard InChI is InChI=1S/C15H24O2/c1-14(2,3)10-8-11(15(4,5)6)13(16)12(9-10)17-7/h8-9,16H,1-7H3. The van der Waals surface area contributed by atoms with Gasteiger partial charge in [0.1, 0.15) is 0 Å². The Labute approximate surface area is 105 Å². The topological polar surface area (TPSA) is 29.5 Å². The summed E-state index contributed by atoms with van der Waals surface area (Å²) in [5.41, 5.74) is 2.05. The zero-order valence-corrected chi connectivity index (χ0v) is 12.0. The third kappa shape index (κ3) is 2.93. The maximum absolute atomic E-state index is 10.2. The van der Waals surface area contributed by atoms with Gasteiger partial charge >= 0.3 is 0 Å². The van der Waals surface area contributed by atoms with E-state index in [4.69, 9.17) is 4.74 Å². The molecule has 1 rings (SSSR count). The summed E-state index contributed by atoms with van der Waals surface area (Å²) in [6.07, 6.45) is 0. The summed E-state index contributed by atoms with van der Waals surface area (Å²) in [5, 5.41) is 10.2. The fourth-order valence-electron chi connectivity index (χ4n) is 1.77. The van der Waals surface area contributed by atoms with Gasteiger partial charge in [-0.2, -0.15) is 0 Å². The third-order valence-electron chi connectivity index (χ3n) is 2.97. The molecule has 0 unspecified atom stereocenters. The van der Waals surface area contributed by atoms with Gasteiger partial charge in [0.25, 0.3) is 0 Å². The van der Waals surface area contributed by atoms with E-state index in [-0.39, 0.29) is 16.6 Å². The van der Waals surface area contributed by atoms with Gasteiger partial charge in [-0.15, -0.1) is 0 Å². The Kier molecular flexibility index (Phi) is 3.47. The van der Waals surface area contributed by atoms with E-state index < -0.39 is 0 Å². The van der Waals surface area contributed by atoms with Crippen molar-refractivity contribution in [3.63, 3.8) is 0 Å². The normalized spacial score (nSPS) is 12.6. The van der Waals surface area contributed by atoms with Crippen molar-refractivity contribution < 1.29 is 9.84 Å². The van der Waals surface area contributed by atoms with Crippen molar-refractivity contribution in [1.29, 1.82) is 0 Å². The van der Waals surface area contributed by atoms with E-state index in [1.165, 1.54) is 5.56 Å². The Morgan fingerprint density at radius 3 is 1.82 bits per heavy atom. The van der Waals surface area contributed by atoms with Crippen LogP contribution in [0.1, 0.15) is 52.7 Å². The second-order valence-corrected chi connectivity index (χ2v) is 6.57. The molecular formula is C15H24O2. The first-order valence-electron chi connectivity index (χ1n) is 5.99. The van der Waals surface area contributed by atoms with E-state index in [2.05, 4.69) is 47.6 Å². The fourth-order valence-corrected chi connectivity index (χ4v) is 1.77. The third-order valence-corrected chi connectivity index (χ3v) is 2.97. The van der Waals surface area contributed by atoms with Crippen molar-refractivity contribution in [3.05, 3.63) is 23.3 Å². The van der Waals surface area contributed by atoms with Gasteiger partial charge in [0.05, 0.1) is 7.11 Å². The minimum absolute atomic E-state index is 0.0426. The van der Waals surface area contributed by atoms with Crippen LogP contribution in [-0.2, 0) is 10.8 Å². The average molecular weight is 236 g/mol. The molecule has 0 spiro atoms. The minimum atomic E-state index is -0.0986. The molecule has 0 radical (unpaired) electrons.